The highest BCUT2D eigenvalue weighted by Crippen LogP contribution is 2.18. The zero-order valence-corrected chi connectivity index (χ0v) is 16.4. The minimum absolute atomic E-state index is 0.0276. The van der Waals surface area contributed by atoms with Crippen LogP contribution in [0.2, 0.25) is 0 Å². The standard InChI is InChI=1S/C22H24N2O6/c1-14(25)12-13-17(22(29)30)23-21(28)19(26)18(15-8-4-2-5-9-15)24-20(27)16-10-6-3-7-11-16/h2-11,17-19,26H,12-13H2,1H3,(H,23,28)(H,24,27)(H,29,30)/t17-,18-,19+/m0/s1. The molecule has 158 valence electrons. The molecule has 0 spiro atoms. The Labute approximate surface area is 173 Å². The lowest BCUT2D eigenvalue weighted by Gasteiger charge is -2.25. The van der Waals surface area contributed by atoms with Gasteiger partial charge in [-0.3, -0.25) is 9.59 Å². The number of ketones is 1. The number of rotatable bonds is 10. The molecule has 0 heterocycles. The molecule has 0 aliphatic rings. The molecule has 8 nitrogen and oxygen atoms in total. The molecule has 8 heteroatoms. The summed E-state index contributed by atoms with van der Waals surface area (Å²) in [6.45, 7) is 1.32. The summed E-state index contributed by atoms with van der Waals surface area (Å²) in [6.07, 6.45) is -1.88. The SMILES string of the molecule is CC(=O)CC[C@H](NC(=O)[C@H](O)[C@@H](NC(=O)c1ccccc1)c1ccccc1)C(=O)O. The van der Waals surface area contributed by atoms with Crippen molar-refractivity contribution in [2.24, 2.45) is 0 Å². The second kappa shape index (κ2) is 10.9. The minimum atomic E-state index is -1.75. The highest BCUT2D eigenvalue weighted by Gasteiger charge is 2.32. The average molecular weight is 412 g/mol. The van der Waals surface area contributed by atoms with Gasteiger partial charge in [0.15, 0.2) is 6.10 Å². The van der Waals surface area contributed by atoms with Crippen LogP contribution in [0.5, 0.6) is 0 Å². The minimum Gasteiger partial charge on any atom is -0.480 e. The van der Waals surface area contributed by atoms with E-state index in [4.69, 9.17) is 0 Å². The van der Waals surface area contributed by atoms with Crippen molar-refractivity contribution in [2.45, 2.75) is 38.0 Å². The number of nitrogens with one attached hydrogen (secondary N) is 2. The van der Waals surface area contributed by atoms with Gasteiger partial charge in [0.25, 0.3) is 11.8 Å². The number of aliphatic hydroxyl groups is 1. The summed E-state index contributed by atoms with van der Waals surface area (Å²) in [4.78, 5) is 47.7. The van der Waals surface area contributed by atoms with Crippen molar-refractivity contribution in [3.05, 3.63) is 71.8 Å². The molecule has 0 unspecified atom stereocenters. The van der Waals surface area contributed by atoms with E-state index in [1.165, 1.54) is 6.92 Å². The van der Waals surface area contributed by atoms with Crippen molar-refractivity contribution in [1.82, 2.24) is 10.6 Å². The third-order valence-electron chi connectivity index (χ3n) is 4.47. The van der Waals surface area contributed by atoms with E-state index >= 15 is 0 Å². The van der Waals surface area contributed by atoms with Crippen LogP contribution in [-0.2, 0) is 14.4 Å². The molecule has 0 saturated carbocycles. The monoisotopic (exact) mass is 412 g/mol. The van der Waals surface area contributed by atoms with Gasteiger partial charge in [0.2, 0.25) is 0 Å². The molecule has 0 aliphatic heterocycles. The summed E-state index contributed by atoms with van der Waals surface area (Å²) in [5, 5.41) is 24.8. The fourth-order valence-corrected chi connectivity index (χ4v) is 2.83. The van der Waals surface area contributed by atoms with Gasteiger partial charge in [-0.25, -0.2) is 4.79 Å². The van der Waals surface area contributed by atoms with E-state index in [1.807, 2.05) is 0 Å². The Kier molecular flexibility index (Phi) is 8.25. The fraction of sp³-hybridized carbons (Fsp3) is 0.273. The molecule has 3 atom stereocenters. The third kappa shape index (κ3) is 6.52. The summed E-state index contributed by atoms with van der Waals surface area (Å²) in [5.74, 6) is -2.99. The van der Waals surface area contributed by atoms with E-state index in [0.29, 0.717) is 11.1 Å². The largest absolute Gasteiger partial charge is 0.480 e. The van der Waals surface area contributed by atoms with Crippen molar-refractivity contribution in [1.29, 1.82) is 0 Å². The van der Waals surface area contributed by atoms with Crippen LogP contribution >= 0.6 is 0 Å². The molecule has 4 N–H and O–H groups in total. The van der Waals surface area contributed by atoms with Crippen LogP contribution in [-0.4, -0.2) is 45.9 Å². The van der Waals surface area contributed by atoms with Crippen LogP contribution in [0.4, 0.5) is 0 Å². The number of carboxylic acid groups (broad SMARTS) is 1. The summed E-state index contributed by atoms with van der Waals surface area (Å²) in [5.41, 5.74) is 0.816. The van der Waals surface area contributed by atoms with Crippen LogP contribution in [0.25, 0.3) is 0 Å². The van der Waals surface area contributed by atoms with E-state index in [0.717, 1.165) is 0 Å². The number of hydrogen-bond donors (Lipinski definition) is 4. The Hall–Kier alpha value is -3.52. The predicted octanol–water partition coefficient (Wildman–Crippen LogP) is 1.46. The Morgan fingerprint density at radius 3 is 2.00 bits per heavy atom. The molecule has 2 amide bonds. The van der Waals surface area contributed by atoms with Gasteiger partial charge in [-0.2, -0.15) is 0 Å². The molecule has 0 aromatic heterocycles. The van der Waals surface area contributed by atoms with Crippen molar-refractivity contribution in [2.75, 3.05) is 0 Å². The normalized spacial score (nSPS) is 13.5. The lowest BCUT2D eigenvalue weighted by molar-refractivity contribution is -0.144. The van der Waals surface area contributed by atoms with Crippen molar-refractivity contribution in [3.63, 3.8) is 0 Å². The first-order valence-electron chi connectivity index (χ1n) is 9.41. The number of carboxylic acids is 1. The molecule has 30 heavy (non-hydrogen) atoms. The molecule has 0 fully saturated rings. The summed E-state index contributed by atoms with van der Waals surface area (Å²) in [6, 6.07) is 14.2. The maximum Gasteiger partial charge on any atom is 0.326 e. The van der Waals surface area contributed by atoms with E-state index in [9.17, 15) is 29.4 Å². The maximum absolute atomic E-state index is 12.6. The lowest BCUT2D eigenvalue weighted by atomic mass is 9.99. The zero-order chi connectivity index (χ0) is 22.1. The summed E-state index contributed by atoms with van der Waals surface area (Å²) in [7, 11) is 0. The molecular weight excluding hydrogens is 388 g/mol. The number of carbonyl (C=O) groups excluding carboxylic acids is 3. The van der Waals surface area contributed by atoms with Crippen molar-refractivity contribution >= 4 is 23.6 Å². The van der Waals surface area contributed by atoms with Gasteiger partial charge < -0.3 is 25.6 Å². The van der Waals surface area contributed by atoms with Gasteiger partial charge >= 0.3 is 5.97 Å². The van der Waals surface area contributed by atoms with Gasteiger partial charge in [-0.1, -0.05) is 48.5 Å². The Morgan fingerprint density at radius 2 is 1.47 bits per heavy atom. The maximum atomic E-state index is 12.6. The Morgan fingerprint density at radius 1 is 0.900 bits per heavy atom. The molecule has 0 bridgehead atoms. The van der Waals surface area contributed by atoms with Crippen LogP contribution in [0.3, 0.4) is 0 Å². The molecule has 2 rings (SSSR count). The number of carbonyl (C=O) groups is 4. The topological polar surface area (TPSA) is 133 Å². The molecule has 0 radical (unpaired) electrons. The van der Waals surface area contributed by atoms with E-state index in [2.05, 4.69) is 10.6 Å². The van der Waals surface area contributed by atoms with Gasteiger partial charge in [0.1, 0.15) is 11.8 Å². The van der Waals surface area contributed by atoms with Crippen LogP contribution in [0.15, 0.2) is 60.7 Å². The smallest absolute Gasteiger partial charge is 0.326 e. The Balaban J connectivity index is 2.20. The van der Waals surface area contributed by atoms with Crippen molar-refractivity contribution in [3.8, 4) is 0 Å². The van der Waals surface area contributed by atoms with E-state index in [-0.39, 0.29) is 18.6 Å². The van der Waals surface area contributed by atoms with E-state index in [1.54, 1.807) is 60.7 Å². The fourth-order valence-electron chi connectivity index (χ4n) is 2.83. The lowest BCUT2D eigenvalue weighted by Crippen LogP contribution is -2.50. The molecule has 2 aromatic carbocycles. The molecular formula is C22H24N2O6. The highest BCUT2D eigenvalue weighted by atomic mass is 16.4. The quantitative estimate of drug-likeness (QED) is 0.467. The molecule has 0 aliphatic carbocycles. The zero-order valence-electron chi connectivity index (χ0n) is 16.4. The van der Waals surface area contributed by atoms with E-state index < -0.39 is 36.0 Å². The van der Waals surface area contributed by atoms with Crippen LogP contribution in [0, 0.1) is 0 Å². The number of benzene rings is 2. The van der Waals surface area contributed by atoms with Gasteiger partial charge in [0, 0.05) is 12.0 Å². The number of aliphatic carboxylic acids is 1. The van der Waals surface area contributed by atoms with Gasteiger partial charge in [-0.15, -0.1) is 0 Å². The van der Waals surface area contributed by atoms with Crippen LogP contribution < -0.4 is 10.6 Å². The van der Waals surface area contributed by atoms with Gasteiger partial charge in [0.05, 0.1) is 6.04 Å². The first-order chi connectivity index (χ1) is 14.3. The molecule has 0 saturated heterocycles. The first kappa shape index (κ1) is 22.8. The third-order valence-corrected chi connectivity index (χ3v) is 4.47. The van der Waals surface area contributed by atoms with Gasteiger partial charge in [-0.05, 0) is 31.0 Å². The first-order valence-corrected chi connectivity index (χ1v) is 9.41. The summed E-state index contributed by atoms with van der Waals surface area (Å²) < 4.78 is 0. The number of hydrogen-bond acceptors (Lipinski definition) is 5. The Bertz CT molecular complexity index is 885. The molecule has 2 aromatic rings. The second-order valence-corrected chi connectivity index (χ2v) is 6.81. The summed E-state index contributed by atoms with van der Waals surface area (Å²) >= 11 is 0. The number of aliphatic hydroxyl groups excluding tert-OH is 1. The second-order valence-electron chi connectivity index (χ2n) is 6.81. The van der Waals surface area contributed by atoms with Crippen molar-refractivity contribution < 1.29 is 29.4 Å². The number of Topliss-reactive ketones (excluding diaryl/α,β-unsaturated/α-hetero) is 1. The predicted molar refractivity (Wildman–Crippen MR) is 109 cm³/mol. The number of amides is 2. The van der Waals surface area contributed by atoms with Crippen LogP contribution in [0.1, 0.15) is 41.7 Å². The highest BCUT2D eigenvalue weighted by molar-refractivity contribution is 5.95. The average Bonchev–Trinajstić information content (AvgIpc) is 2.75.